The fourth-order valence-electron chi connectivity index (χ4n) is 1.20. The highest BCUT2D eigenvalue weighted by Crippen LogP contribution is 2.31. The predicted octanol–water partition coefficient (Wildman–Crippen LogP) is 3.26. The third kappa shape index (κ3) is 2.95. The molecule has 1 aromatic carbocycles. The van der Waals surface area contributed by atoms with Crippen molar-refractivity contribution in [2.45, 2.75) is 0 Å². The van der Waals surface area contributed by atoms with Gasteiger partial charge >= 0.3 is 11.1 Å². The number of carbonyl (C=O) groups is 1. The largest absolute Gasteiger partial charge is 0.513 e. The molecule has 2 rings (SSSR count). The van der Waals surface area contributed by atoms with Crippen LogP contribution in [0.5, 0.6) is 5.75 Å². The minimum atomic E-state index is -0.909. The number of fused-ring (bicyclic) bond motifs is 1. The van der Waals surface area contributed by atoms with Crippen LogP contribution in [0, 0.1) is 0 Å². The molecule has 0 bridgehead atoms. The molecule has 0 saturated carbocycles. The van der Waals surface area contributed by atoms with Gasteiger partial charge in [-0.1, -0.05) is 22.9 Å². The molecule has 0 amide bonds. The quantitative estimate of drug-likeness (QED) is 0.494. The summed E-state index contributed by atoms with van der Waals surface area (Å²) < 4.78 is 14.9. The van der Waals surface area contributed by atoms with Crippen LogP contribution >= 0.6 is 34.5 Å². The van der Waals surface area contributed by atoms with Gasteiger partial charge in [-0.15, -0.1) is 11.6 Å². The molecule has 8 heteroatoms. The Kier molecular flexibility index (Phi) is 4.11. The molecule has 0 aliphatic carbocycles. The molecule has 0 fully saturated rings. The molecule has 0 aliphatic heterocycles. The molecule has 2 aromatic rings. The van der Waals surface area contributed by atoms with Crippen molar-refractivity contribution in [3.05, 3.63) is 26.9 Å². The maximum Gasteiger partial charge on any atom is 0.513 e. The van der Waals surface area contributed by atoms with E-state index in [0.717, 1.165) is 11.3 Å². The van der Waals surface area contributed by atoms with Crippen molar-refractivity contribution in [2.24, 2.45) is 0 Å². The number of carbonyl (C=O) groups excluding carboxylic acids is 1. The van der Waals surface area contributed by atoms with E-state index in [1.54, 1.807) is 0 Å². The van der Waals surface area contributed by atoms with Gasteiger partial charge in [0.2, 0.25) is 0 Å². The molecule has 5 nitrogen and oxygen atoms in total. The molecular weight excluding hydrogens is 303 g/mol. The number of halogens is 2. The summed E-state index contributed by atoms with van der Waals surface area (Å²) in [5.41, 5.74) is 0.344. The first kappa shape index (κ1) is 13.2. The van der Waals surface area contributed by atoms with E-state index in [9.17, 15) is 9.59 Å². The summed E-state index contributed by atoms with van der Waals surface area (Å²) in [7, 11) is 0. The molecule has 0 N–H and O–H groups in total. The lowest BCUT2D eigenvalue weighted by Gasteiger charge is -2.05. The zero-order chi connectivity index (χ0) is 13.1. The van der Waals surface area contributed by atoms with Gasteiger partial charge in [0.05, 0.1) is 15.6 Å². The Morgan fingerprint density at radius 3 is 2.94 bits per heavy atom. The van der Waals surface area contributed by atoms with E-state index in [2.05, 4.69) is 4.74 Å². The SMILES string of the molecule is O=C(OCCCl)Oc1cc2sc(=O)oc2cc1Cl. The third-order valence-corrected chi connectivity index (χ3v) is 3.11. The molecular formula is C10H6Cl2O5S. The van der Waals surface area contributed by atoms with Crippen molar-refractivity contribution in [2.75, 3.05) is 12.5 Å². The number of benzene rings is 1. The van der Waals surface area contributed by atoms with Gasteiger partial charge < -0.3 is 13.9 Å². The normalized spacial score (nSPS) is 10.6. The fraction of sp³-hybridized carbons (Fsp3) is 0.200. The maximum absolute atomic E-state index is 11.2. The second-order valence-corrected chi connectivity index (χ2v) is 4.84. The lowest BCUT2D eigenvalue weighted by molar-refractivity contribution is 0.105. The lowest BCUT2D eigenvalue weighted by Crippen LogP contribution is -2.12. The molecule has 0 atom stereocenters. The van der Waals surface area contributed by atoms with Crippen molar-refractivity contribution in [1.82, 2.24) is 0 Å². The van der Waals surface area contributed by atoms with Crippen LogP contribution < -0.4 is 9.68 Å². The van der Waals surface area contributed by atoms with Gasteiger partial charge in [-0.2, -0.15) is 0 Å². The van der Waals surface area contributed by atoms with Crippen LogP contribution in [0.15, 0.2) is 21.3 Å². The highest BCUT2D eigenvalue weighted by molar-refractivity contribution is 7.16. The zero-order valence-corrected chi connectivity index (χ0v) is 11.1. The Balaban J connectivity index is 2.24. The Hall–Kier alpha value is -1.24. The predicted molar refractivity (Wildman–Crippen MR) is 68.1 cm³/mol. The minimum absolute atomic E-state index is 0.0410. The molecule has 0 spiro atoms. The Morgan fingerprint density at radius 1 is 1.44 bits per heavy atom. The molecule has 0 aliphatic rings. The standard InChI is InChI=1S/C10H6Cl2O5S/c11-1-2-15-9(13)16-6-4-8-7(3-5(6)12)17-10(14)18-8/h3-4H,1-2H2. The van der Waals surface area contributed by atoms with Crippen LogP contribution in [-0.2, 0) is 4.74 Å². The monoisotopic (exact) mass is 308 g/mol. The van der Waals surface area contributed by atoms with E-state index >= 15 is 0 Å². The summed E-state index contributed by atoms with van der Waals surface area (Å²) in [6.45, 7) is 0.0410. The molecule has 1 heterocycles. The van der Waals surface area contributed by atoms with Crippen LogP contribution in [0.3, 0.4) is 0 Å². The van der Waals surface area contributed by atoms with Gasteiger partial charge in [0.25, 0.3) is 0 Å². The minimum Gasteiger partial charge on any atom is -0.433 e. The summed E-state index contributed by atoms with van der Waals surface area (Å²) in [6.07, 6.45) is -0.909. The van der Waals surface area contributed by atoms with Crippen molar-refractivity contribution in [3.8, 4) is 5.75 Å². The van der Waals surface area contributed by atoms with Crippen LogP contribution in [0.1, 0.15) is 0 Å². The topological polar surface area (TPSA) is 65.7 Å². The van der Waals surface area contributed by atoms with Gasteiger partial charge in [0, 0.05) is 12.1 Å². The summed E-state index contributed by atoms with van der Waals surface area (Å²) in [5, 5.41) is 0.145. The average molecular weight is 309 g/mol. The number of hydrogen-bond acceptors (Lipinski definition) is 6. The highest BCUT2D eigenvalue weighted by Gasteiger charge is 2.13. The summed E-state index contributed by atoms with van der Waals surface area (Å²) in [5.74, 6) is 0.270. The molecule has 96 valence electrons. The number of hydrogen-bond donors (Lipinski definition) is 0. The molecule has 18 heavy (non-hydrogen) atoms. The van der Waals surface area contributed by atoms with E-state index in [1.165, 1.54) is 12.1 Å². The van der Waals surface area contributed by atoms with Gasteiger partial charge in [0.15, 0.2) is 11.3 Å². The fourth-order valence-corrected chi connectivity index (χ4v) is 2.14. The van der Waals surface area contributed by atoms with E-state index < -0.39 is 11.1 Å². The smallest absolute Gasteiger partial charge is 0.433 e. The van der Waals surface area contributed by atoms with Gasteiger partial charge in [-0.05, 0) is 0 Å². The Labute approximate surface area is 115 Å². The first-order valence-electron chi connectivity index (χ1n) is 4.74. The first-order chi connectivity index (χ1) is 8.60. The van der Waals surface area contributed by atoms with Gasteiger partial charge in [-0.3, -0.25) is 0 Å². The van der Waals surface area contributed by atoms with Crippen molar-refractivity contribution >= 4 is 51.0 Å². The van der Waals surface area contributed by atoms with Crippen LogP contribution in [0.4, 0.5) is 4.79 Å². The zero-order valence-electron chi connectivity index (χ0n) is 8.77. The van der Waals surface area contributed by atoms with E-state index in [1.807, 2.05) is 0 Å². The van der Waals surface area contributed by atoms with Gasteiger partial charge in [-0.25, -0.2) is 9.59 Å². The molecule has 0 saturated heterocycles. The van der Waals surface area contributed by atoms with Crippen LogP contribution in [-0.4, -0.2) is 18.6 Å². The van der Waals surface area contributed by atoms with Crippen molar-refractivity contribution < 1.29 is 18.7 Å². The van der Waals surface area contributed by atoms with Crippen molar-refractivity contribution in [1.29, 1.82) is 0 Å². The van der Waals surface area contributed by atoms with Crippen molar-refractivity contribution in [3.63, 3.8) is 0 Å². The van der Waals surface area contributed by atoms with Crippen LogP contribution in [0.2, 0.25) is 5.02 Å². The second kappa shape index (κ2) is 5.60. The number of rotatable bonds is 3. The summed E-state index contributed by atoms with van der Waals surface area (Å²) in [4.78, 5) is 21.8. The molecule has 1 aromatic heterocycles. The number of alkyl halides is 1. The average Bonchev–Trinajstić information content (AvgIpc) is 2.66. The Morgan fingerprint density at radius 2 is 2.22 bits per heavy atom. The third-order valence-electron chi connectivity index (χ3n) is 1.88. The second-order valence-electron chi connectivity index (χ2n) is 3.07. The van der Waals surface area contributed by atoms with Gasteiger partial charge in [0.1, 0.15) is 6.61 Å². The lowest BCUT2D eigenvalue weighted by atomic mass is 10.3. The van der Waals surface area contributed by atoms with E-state index in [0.29, 0.717) is 10.3 Å². The number of ether oxygens (including phenoxy) is 2. The van der Waals surface area contributed by atoms with E-state index in [-0.39, 0.29) is 23.3 Å². The molecule has 0 unspecified atom stereocenters. The highest BCUT2D eigenvalue weighted by atomic mass is 35.5. The molecule has 0 radical (unpaired) electrons. The van der Waals surface area contributed by atoms with E-state index in [4.69, 9.17) is 32.4 Å². The van der Waals surface area contributed by atoms with Crippen LogP contribution in [0.25, 0.3) is 10.3 Å². The Bertz CT molecular complexity index is 633. The summed E-state index contributed by atoms with van der Waals surface area (Å²) >= 11 is 12.1. The summed E-state index contributed by atoms with van der Waals surface area (Å²) in [6, 6.07) is 2.84. The maximum atomic E-state index is 11.2. The first-order valence-corrected chi connectivity index (χ1v) is 6.47.